The highest BCUT2D eigenvalue weighted by molar-refractivity contribution is 5.66. The van der Waals surface area contributed by atoms with Gasteiger partial charge in [-0.15, -0.1) is 0 Å². The topological polar surface area (TPSA) is 50.1 Å². The molecule has 1 aliphatic rings. The molecule has 2 aromatic heterocycles. The predicted octanol–water partition coefficient (Wildman–Crippen LogP) is 3.76. The smallest absolute Gasteiger partial charge is 0.225 e. The number of aromatic nitrogens is 4. The number of aryl methyl sites for hydroxylation is 1. The molecule has 0 radical (unpaired) electrons. The van der Waals surface area contributed by atoms with Gasteiger partial charge < -0.3 is 4.90 Å². The van der Waals surface area contributed by atoms with Crippen LogP contribution < -0.4 is 4.90 Å². The van der Waals surface area contributed by atoms with Crippen LogP contribution >= 0.6 is 0 Å². The summed E-state index contributed by atoms with van der Waals surface area (Å²) < 4.78 is 1.99. The Kier molecular flexibility index (Phi) is 5.39. The third-order valence-corrected chi connectivity index (χ3v) is 5.37. The fourth-order valence-electron chi connectivity index (χ4n) is 3.92. The quantitative estimate of drug-likeness (QED) is 0.656. The lowest BCUT2D eigenvalue weighted by molar-refractivity contribution is 0.245. The van der Waals surface area contributed by atoms with Crippen molar-refractivity contribution in [2.24, 2.45) is 0 Å². The van der Waals surface area contributed by atoms with Gasteiger partial charge in [0, 0.05) is 50.7 Å². The molecule has 1 fully saturated rings. The summed E-state index contributed by atoms with van der Waals surface area (Å²) in [7, 11) is 3.99. The van der Waals surface area contributed by atoms with E-state index in [4.69, 9.17) is 4.98 Å². The van der Waals surface area contributed by atoms with Crippen molar-refractivity contribution < 1.29 is 0 Å². The Hall–Kier alpha value is -2.73. The standard InChI is InChI=1S/C22H28N6/c1-4-28-16-17(13-24-28)15-27-12-8-11-20(27)21-19(18-9-6-5-7-10-18)14-23-22(25-21)26(2)3/h5-7,9-10,13-14,16,20H,4,8,11-12,15H2,1-3H3/t20-/m0/s1. The second-order valence-corrected chi connectivity index (χ2v) is 7.56. The fraction of sp³-hybridized carbons (Fsp3) is 0.409. The Morgan fingerprint density at radius 3 is 2.68 bits per heavy atom. The van der Waals surface area contributed by atoms with Gasteiger partial charge in [-0.1, -0.05) is 30.3 Å². The minimum atomic E-state index is 0.293. The molecule has 6 nitrogen and oxygen atoms in total. The minimum Gasteiger partial charge on any atom is -0.347 e. The minimum absolute atomic E-state index is 0.293. The molecule has 0 saturated carbocycles. The van der Waals surface area contributed by atoms with E-state index in [9.17, 15) is 0 Å². The highest BCUT2D eigenvalue weighted by Crippen LogP contribution is 2.37. The number of benzene rings is 1. The Balaban J connectivity index is 1.69. The fourth-order valence-corrected chi connectivity index (χ4v) is 3.92. The van der Waals surface area contributed by atoms with Crippen LogP contribution in [0.4, 0.5) is 5.95 Å². The van der Waals surface area contributed by atoms with Crippen molar-refractivity contribution in [2.45, 2.75) is 38.9 Å². The van der Waals surface area contributed by atoms with E-state index in [2.05, 4.69) is 52.4 Å². The molecule has 146 valence electrons. The average molecular weight is 377 g/mol. The molecule has 1 aromatic carbocycles. The van der Waals surface area contributed by atoms with Crippen LogP contribution in [0.1, 0.15) is 37.1 Å². The summed E-state index contributed by atoms with van der Waals surface area (Å²) in [6.45, 7) is 5.00. The van der Waals surface area contributed by atoms with E-state index in [-0.39, 0.29) is 0 Å². The Labute approximate surface area is 166 Å². The summed E-state index contributed by atoms with van der Waals surface area (Å²) in [5.74, 6) is 0.764. The lowest BCUT2D eigenvalue weighted by Crippen LogP contribution is -2.25. The molecule has 0 amide bonds. The highest BCUT2D eigenvalue weighted by Gasteiger charge is 2.30. The molecule has 0 unspecified atom stereocenters. The van der Waals surface area contributed by atoms with Crippen molar-refractivity contribution in [2.75, 3.05) is 25.5 Å². The summed E-state index contributed by atoms with van der Waals surface area (Å²) in [6, 6.07) is 10.8. The monoisotopic (exact) mass is 376 g/mol. The predicted molar refractivity (Wildman–Crippen MR) is 112 cm³/mol. The molecule has 0 aliphatic carbocycles. The second-order valence-electron chi connectivity index (χ2n) is 7.56. The van der Waals surface area contributed by atoms with Crippen molar-refractivity contribution in [3.63, 3.8) is 0 Å². The van der Waals surface area contributed by atoms with Gasteiger partial charge in [0.15, 0.2) is 0 Å². The third-order valence-electron chi connectivity index (χ3n) is 5.37. The van der Waals surface area contributed by atoms with Crippen molar-refractivity contribution >= 4 is 5.95 Å². The molecule has 1 aliphatic heterocycles. The SMILES string of the molecule is CCn1cc(CN2CCC[C@H]2c2nc(N(C)C)ncc2-c2ccccc2)cn1. The van der Waals surface area contributed by atoms with Crippen LogP contribution in [0, 0.1) is 0 Å². The van der Waals surface area contributed by atoms with Gasteiger partial charge in [-0.05, 0) is 31.9 Å². The summed E-state index contributed by atoms with van der Waals surface area (Å²) in [4.78, 5) is 14.1. The maximum absolute atomic E-state index is 5.00. The van der Waals surface area contributed by atoms with Crippen molar-refractivity contribution in [1.29, 1.82) is 0 Å². The lowest BCUT2D eigenvalue weighted by atomic mass is 10.00. The van der Waals surface area contributed by atoms with Crippen molar-refractivity contribution in [3.05, 3.63) is 60.2 Å². The van der Waals surface area contributed by atoms with Crippen LogP contribution in [0.2, 0.25) is 0 Å². The molecule has 1 atom stereocenters. The van der Waals surface area contributed by atoms with Crippen LogP contribution in [-0.4, -0.2) is 45.3 Å². The molecule has 4 rings (SSSR count). The highest BCUT2D eigenvalue weighted by atomic mass is 15.3. The van der Waals surface area contributed by atoms with Gasteiger partial charge in [0.05, 0.1) is 17.9 Å². The molecule has 3 heterocycles. The van der Waals surface area contributed by atoms with Gasteiger partial charge in [-0.3, -0.25) is 9.58 Å². The molecule has 0 spiro atoms. The van der Waals surface area contributed by atoms with Crippen LogP contribution in [0.3, 0.4) is 0 Å². The van der Waals surface area contributed by atoms with Gasteiger partial charge in [0.1, 0.15) is 0 Å². The normalized spacial score (nSPS) is 17.2. The Morgan fingerprint density at radius 2 is 1.96 bits per heavy atom. The number of anilines is 1. The van der Waals surface area contributed by atoms with Crippen LogP contribution in [0.25, 0.3) is 11.1 Å². The molecule has 0 N–H and O–H groups in total. The van der Waals surface area contributed by atoms with E-state index in [1.165, 1.54) is 17.5 Å². The average Bonchev–Trinajstić information content (AvgIpc) is 3.38. The van der Waals surface area contributed by atoms with Gasteiger partial charge in [0.2, 0.25) is 5.95 Å². The van der Waals surface area contributed by atoms with Gasteiger partial charge >= 0.3 is 0 Å². The van der Waals surface area contributed by atoms with Crippen molar-refractivity contribution in [1.82, 2.24) is 24.6 Å². The van der Waals surface area contributed by atoms with Gasteiger partial charge in [-0.25, -0.2) is 9.97 Å². The van der Waals surface area contributed by atoms with Gasteiger partial charge in [-0.2, -0.15) is 5.10 Å². The lowest BCUT2D eigenvalue weighted by Gasteiger charge is -2.26. The molecule has 0 bridgehead atoms. The van der Waals surface area contributed by atoms with Crippen LogP contribution in [-0.2, 0) is 13.1 Å². The number of hydrogen-bond acceptors (Lipinski definition) is 5. The summed E-state index contributed by atoms with van der Waals surface area (Å²) in [5.41, 5.74) is 4.70. The van der Waals surface area contributed by atoms with Crippen LogP contribution in [0.15, 0.2) is 48.9 Å². The van der Waals surface area contributed by atoms with E-state index in [0.717, 1.165) is 43.3 Å². The first-order chi connectivity index (χ1) is 13.7. The first-order valence-corrected chi connectivity index (χ1v) is 10.0. The first-order valence-electron chi connectivity index (χ1n) is 10.0. The zero-order chi connectivity index (χ0) is 19.5. The van der Waals surface area contributed by atoms with E-state index >= 15 is 0 Å². The molecule has 3 aromatic rings. The Morgan fingerprint density at radius 1 is 1.14 bits per heavy atom. The second kappa shape index (κ2) is 8.10. The van der Waals surface area contributed by atoms with E-state index in [1.807, 2.05) is 42.1 Å². The van der Waals surface area contributed by atoms with E-state index in [0.29, 0.717) is 6.04 Å². The molecule has 28 heavy (non-hydrogen) atoms. The largest absolute Gasteiger partial charge is 0.347 e. The maximum atomic E-state index is 5.00. The first kappa shape index (κ1) is 18.6. The number of nitrogens with zero attached hydrogens (tertiary/aromatic N) is 6. The zero-order valence-electron chi connectivity index (χ0n) is 16.9. The van der Waals surface area contributed by atoms with E-state index < -0.39 is 0 Å². The summed E-state index contributed by atoms with van der Waals surface area (Å²) >= 11 is 0. The molecular weight excluding hydrogens is 348 g/mol. The number of hydrogen-bond donors (Lipinski definition) is 0. The van der Waals surface area contributed by atoms with E-state index in [1.54, 1.807) is 0 Å². The van der Waals surface area contributed by atoms with Crippen LogP contribution in [0.5, 0.6) is 0 Å². The summed E-state index contributed by atoms with van der Waals surface area (Å²) in [6.07, 6.45) is 8.42. The third kappa shape index (κ3) is 3.78. The van der Waals surface area contributed by atoms with Gasteiger partial charge in [0.25, 0.3) is 0 Å². The number of rotatable bonds is 6. The summed E-state index contributed by atoms with van der Waals surface area (Å²) in [5, 5.41) is 4.43. The Bertz CT molecular complexity index is 918. The molecular formula is C22H28N6. The molecule has 1 saturated heterocycles. The van der Waals surface area contributed by atoms with Crippen molar-refractivity contribution in [3.8, 4) is 11.1 Å². The zero-order valence-corrected chi connectivity index (χ0v) is 16.9. The maximum Gasteiger partial charge on any atom is 0.225 e. The number of likely N-dealkylation sites (tertiary alicyclic amines) is 1. The molecule has 6 heteroatoms.